The lowest BCUT2D eigenvalue weighted by Crippen LogP contribution is -2.45. The largest absolute Gasteiger partial charge is 0.508 e. The summed E-state index contributed by atoms with van der Waals surface area (Å²) in [7, 11) is 0. The molecule has 4 rings (SSSR count). The summed E-state index contributed by atoms with van der Waals surface area (Å²) in [5, 5.41) is 9.79. The summed E-state index contributed by atoms with van der Waals surface area (Å²) in [6.45, 7) is 4.40. The van der Waals surface area contributed by atoms with Crippen molar-refractivity contribution in [1.29, 1.82) is 0 Å². The average Bonchev–Trinajstić information content (AvgIpc) is 2.91. The van der Waals surface area contributed by atoms with Crippen LogP contribution in [-0.4, -0.2) is 17.2 Å². The zero-order chi connectivity index (χ0) is 17.6. The van der Waals surface area contributed by atoms with E-state index in [1.807, 2.05) is 19.1 Å². The molecule has 25 heavy (non-hydrogen) atoms. The van der Waals surface area contributed by atoms with Crippen molar-refractivity contribution in [3.8, 4) is 5.75 Å². The molecule has 1 N–H and O–H groups in total. The molecule has 136 valence electrons. The molecule has 0 unspecified atom stereocenters. The van der Waals surface area contributed by atoms with E-state index >= 15 is 0 Å². The van der Waals surface area contributed by atoms with Crippen LogP contribution in [0, 0.1) is 17.3 Å². The van der Waals surface area contributed by atoms with Gasteiger partial charge in [-0.2, -0.15) is 0 Å². The number of rotatable bonds is 3. The van der Waals surface area contributed by atoms with Gasteiger partial charge in [0.05, 0.1) is 0 Å². The summed E-state index contributed by atoms with van der Waals surface area (Å²) >= 11 is 0. The van der Waals surface area contributed by atoms with Gasteiger partial charge in [0.2, 0.25) is 0 Å². The van der Waals surface area contributed by atoms with Crippen LogP contribution in [-0.2, 0) is 16.0 Å². The van der Waals surface area contributed by atoms with Gasteiger partial charge in [-0.1, -0.05) is 19.9 Å². The number of phenolic OH excluding ortho intramolecular Hbond substituents is 1. The van der Waals surface area contributed by atoms with Crippen LogP contribution in [0.5, 0.6) is 5.75 Å². The van der Waals surface area contributed by atoms with Crippen LogP contribution in [0.15, 0.2) is 18.2 Å². The van der Waals surface area contributed by atoms with E-state index in [0.29, 0.717) is 29.9 Å². The number of benzene rings is 1. The van der Waals surface area contributed by atoms with Crippen LogP contribution in [0.1, 0.15) is 75.8 Å². The van der Waals surface area contributed by atoms with E-state index in [4.69, 9.17) is 4.74 Å². The topological polar surface area (TPSA) is 46.5 Å². The first-order valence-electron chi connectivity index (χ1n) is 10.0. The Balaban J connectivity index is 1.56. The Kier molecular flexibility index (Phi) is 4.29. The molecule has 0 amide bonds. The normalized spacial score (nSPS) is 36.2. The molecule has 2 saturated carbocycles. The fraction of sp³-hybridized carbons (Fsp3) is 0.682. The molecule has 0 spiro atoms. The van der Waals surface area contributed by atoms with Crippen molar-refractivity contribution in [2.24, 2.45) is 17.3 Å². The number of hydrogen-bond acceptors (Lipinski definition) is 3. The highest BCUT2D eigenvalue weighted by Crippen LogP contribution is 2.61. The number of phenols is 1. The molecule has 0 saturated heterocycles. The lowest BCUT2D eigenvalue weighted by atomic mass is 9.55. The summed E-state index contributed by atoms with van der Waals surface area (Å²) in [5.41, 5.74) is 2.95. The maximum absolute atomic E-state index is 12.0. The molecule has 3 aliphatic carbocycles. The van der Waals surface area contributed by atoms with Crippen LogP contribution in [0.25, 0.3) is 0 Å². The van der Waals surface area contributed by atoms with Gasteiger partial charge in [-0.3, -0.25) is 4.79 Å². The number of ether oxygens (including phenoxy) is 1. The van der Waals surface area contributed by atoms with E-state index in [1.54, 1.807) is 0 Å². The number of aryl methyl sites for hydroxylation is 1. The van der Waals surface area contributed by atoms with Gasteiger partial charge in [0, 0.05) is 11.8 Å². The maximum Gasteiger partial charge on any atom is 0.306 e. The molecular weight excluding hydrogens is 312 g/mol. The van der Waals surface area contributed by atoms with Gasteiger partial charge in [0.1, 0.15) is 11.9 Å². The predicted octanol–water partition coefficient (Wildman–Crippen LogP) is 4.96. The maximum atomic E-state index is 12.0. The third kappa shape index (κ3) is 2.76. The molecule has 0 radical (unpaired) electrons. The molecule has 2 fully saturated rings. The number of carbonyl (C=O) groups excluding carboxylic acids is 1. The van der Waals surface area contributed by atoms with Crippen molar-refractivity contribution in [3.05, 3.63) is 29.3 Å². The second-order valence-electron chi connectivity index (χ2n) is 8.65. The monoisotopic (exact) mass is 342 g/mol. The third-order valence-electron chi connectivity index (χ3n) is 7.35. The minimum atomic E-state index is -0.0130. The summed E-state index contributed by atoms with van der Waals surface area (Å²) in [6.07, 6.45) is 8.33. The van der Waals surface area contributed by atoms with Crippen molar-refractivity contribution in [2.45, 2.75) is 77.2 Å². The lowest BCUT2D eigenvalue weighted by Gasteiger charge is -2.50. The Labute approximate surface area is 150 Å². The quantitative estimate of drug-likeness (QED) is 0.790. The number of esters is 1. The Morgan fingerprint density at radius 1 is 1.28 bits per heavy atom. The zero-order valence-electron chi connectivity index (χ0n) is 15.5. The number of aromatic hydroxyl groups is 1. The highest BCUT2D eigenvalue weighted by molar-refractivity contribution is 5.69. The van der Waals surface area contributed by atoms with Crippen molar-refractivity contribution in [3.63, 3.8) is 0 Å². The fourth-order valence-electron chi connectivity index (χ4n) is 6.14. The minimum absolute atomic E-state index is 0.0130. The first kappa shape index (κ1) is 16.9. The summed E-state index contributed by atoms with van der Waals surface area (Å²) in [6, 6.07) is 5.96. The Morgan fingerprint density at radius 3 is 2.92 bits per heavy atom. The van der Waals surface area contributed by atoms with Gasteiger partial charge in [0.15, 0.2) is 0 Å². The van der Waals surface area contributed by atoms with Crippen LogP contribution < -0.4 is 0 Å². The fourth-order valence-corrected chi connectivity index (χ4v) is 6.14. The van der Waals surface area contributed by atoms with Gasteiger partial charge in [-0.15, -0.1) is 0 Å². The van der Waals surface area contributed by atoms with E-state index in [2.05, 4.69) is 13.0 Å². The molecule has 3 heteroatoms. The number of fused-ring (bicyclic) bond motifs is 5. The molecule has 0 aliphatic heterocycles. The zero-order valence-corrected chi connectivity index (χ0v) is 15.5. The first-order chi connectivity index (χ1) is 12.0. The highest BCUT2D eigenvalue weighted by atomic mass is 16.5. The van der Waals surface area contributed by atoms with Crippen LogP contribution >= 0.6 is 0 Å². The second kappa shape index (κ2) is 6.34. The Bertz CT molecular complexity index is 667. The molecule has 0 heterocycles. The van der Waals surface area contributed by atoms with E-state index in [1.165, 1.54) is 30.4 Å². The number of hydrogen-bond donors (Lipinski definition) is 1. The van der Waals surface area contributed by atoms with Crippen LogP contribution in [0.3, 0.4) is 0 Å². The van der Waals surface area contributed by atoms with Gasteiger partial charge in [-0.25, -0.2) is 0 Å². The van der Waals surface area contributed by atoms with Crippen molar-refractivity contribution in [1.82, 2.24) is 0 Å². The van der Waals surface area contributed by atoms with Gasteiger partial charge >= 0.3 is 5.97 Å². The average molecular weight is 342 g/mol. The van der Waals surface area contributed by atoms with E-state index in [-0.39, 0.29) is 17.5 Å². The minimum Gasteiger partial charge on any atom is -0.508 e. The van der Waals surface area contributed by atoms with Crippen LogP contribution in [0.2, 0.25) is 0 Å². The van der Waals surface area contributed by atoms with Crippen molar-refractivity contribution < 1.29 is 14.6 Å². The molecule has 1 aromatic carbocycles. The van der Waals surface area contributed by atoms with E-state index in [0.717, 1.165) is 25.7 Å². The lowest BCUT2D eigenvalue weighted by molar-refractivity contribution is -0.157. The van der Waals surface area contributed by atoms with Crippen molar-refractivity contribution >= 4 is 5.97 Å². The molecule has 5 atom stereocenters. The predicted molar refractivity (Wildman–Crippen MR) is 97.5 cm³/mol. The highest BCUT2D eigenvalue weighted by Gasteiger charge is 2.56. The van der Waals surface area contributed by atoms with Crippen molar-refractivity contribution in [2.75, 3.05) is 0 Å². The van der Waals surface area contributed by atoms with Gasteiger partial charge in [0.25, 0.3) is 0 Å². The smallest absolute Gasteiger partial charge is 0.306 e. The van der Waals surface area contributed by atoms with Gasteiger partial charge in [-0.05, 0) is 86.0 Å². The first-order valence-corrected chi connectivity index (χ1v) is 10.0. The molecule has 3 aliphatic rings. The molecule has 0 bridgehead atoms. The molecule has 3 nitrogen and oxygen atoms in total. The second-order valence-corrected chi connectivity index (χ2v) is 8.65. The molecule has 1 aromatic rings. The number of carbonyl (C=O) groups is 1. The standard InChI is InChI=1S/C22H30O3/c1-3-4-21(24)25-20-10-9-19-18-7-5-14-13-15(23)6-8-16(14)17(18)11-12-22(19,20)2/h6,8,13,17-20,23H,3-5,7,9-12H2,1-2H3/t17-,18-,19+,20+,22+/m1/s1. The Hall–Kier alpha value is -1.51. The molecule has 0 aromatic heterocycles. The summed E-state index contributed by atoms with van der Waals surface area (Å²) in [4.78, 5) is 12.0. The summed E-state index contributed by atoms with van der Waals surface area (Å²) in [5.74, 6) is 2.35. The third-order valence-corrected chi connectivity index (χ3v) is 7.35. The van der Waals surface area contributed by atoms with E-state index in [9.17, 15) is 9.90 Å². The van der Waals surface area contributed by atoms with E-state index < -0.39 is 0 Å². The summed E-state index contributed by atoms with van der Waals surface area (Å²) < 4.78 is 5.92. The Morgan fingerprint density at radius 2 is 2.12 bits per heavy atom. The molecular formula is C22H30O3. The van der Waals surface area contributed by atoms with Gasteiger partial charge < -0.3 is 9.84 Å². The van der Waals surface area contributed by atoms with Crippen LogP contribution in [0.4, 0.5) is 0 Å². The SMILES string of the molecule is CCCC(=O)O[C@H]1CC[C@H]2[C@@H]3CCc4cc(O)ccc4[C@H]3CC[C@]12C.